The van der Waals surface area contributed by atoms with E-state index in [2.05, 4.69) is 52.3 Å². The molecule has 0 radical (unpaired) electrons. The van der Waals surface area contributed by atoms with E-state index in [0.29, 0.717) is 12.2 Å². The standard InChI is InChI=1S/C13H16BrFN4/c1-13(2,3)16-7-10-8-17-18-19(10)12-6-9(14)4-5-11(12)15/h4-6,8,16H,7H2,1-3H3. The number of halogens is 2. The first-order chi connectivity index (χ1) is 8.87. The Morgan fingerprint density at radius 2 is 2.11 bits per heavy atom. The Morgan fingerprint density at radius 1 is 1.37 bits per heavy atom. The second-order valence-corrected chi connectivity index (χ2v) is 6.25. The summed E-state index contributed by atoms with van der Waals surface area (Å²) in [6.45, 7) is 6.78. The number of nitrogens with one attached hydrogen (secondary N) is 1. The first kappa shape index (κ1) is 14.1. The molecule has 0 aliphatic rings. The summed E-state index contributed by atoms with van der Waals surface area (Å²) in [5, 5.41) is 11.1. The van der Waals surface area contributed by atoms with Crippen LogP contribution in [-0.2, 0) is 6.54 Å². The molecular weight excluding hydrogens is 311 g/mol. The van der Waals surface area contributed by atoms with Crippen LogP contribution in [0.5, 0.6) is 0 Å². The lowest BCUT2D eigenvalue weighted by atomic mass is 10.1. The molecule has 2 aromatic rings. The van der Waals surface area contributed by atoms with Gasteiger partial charge in [-0.05, 0) is 39.0 Å². The Kier molecular flexibility index (Phi) is 4.01. The van der Waals surface area contributed by atoms with Crippen LogP contribution in [0.3, 0.4) is 0 Å². The molecule has 102 valence electrons. The normalized spacial score (nSPS) is 11.8. The topological polar surface area (TPSA) is 42.7 Å². The van der Waals surface area contributed by atoms with Crippen molar-refractivity contribution in [3.63, 3.8) is 0 Å². The van der Waals surface area contributed by atoms with Crippen LogP contribution in [0.15, 0.2) is 28.9 Å². The van der Waals surface area contributed by atoms with Crippen molar-refractivity contribution in [3.8, 4) is 5.69 Å². The summed E-state index contributed by atoms with van der Waals surface area (Å²) in [6, 6.07) is 4.75. The number of hydrogen-bond acceptors (Lipinski definition) is 3. The zero-order valence-corrected chi connectivity index (χ0v) is 12.7. The maximum absolute atomic E-state index is 13.9. The van der Waals surface area contributed by atoms with Crippen LogP contribution >= 0.6 is 15.9 Å². The van der Waals surface area contributed by atoms with Crippen LogP contribution in [0.1, 0.15) is 26.5 Å². The van der Waals surface area contributed by atoms with Gasteiger partial charge >= 0.3 is 0 Å². The van der Waals surface area contributed by atoms with Crippen molar-refractivity contribution in [1.82, 2.24) is 20.3 Å². The minimum absolute atomic E-state index is 0.0229. The molecule has 0 atom stereocenters. The van der Waals surface area contributed by atoms with E-state index in [1.165, 1.54) is 10.7 Å². The summed E-state index contributed by atoms with van der Waals surface area (Å²) in [5.74, 6) is -0.328. The number of nitrogens with zero attached hydrogens (tertiary/aromatic N) is 3. The highest BCUT2D eigenvalue weighted by Gasteiger charge is 2.14. The lowest BCUT2D eigenvalue weighted by molar-refractivity contribution is 0.418. The van der Waals surface area contributed by atoms with Crippen molar-refractivity contribution >= 4 is 15.9 Å². The molecule has 0 unspecified atom stereocenters. The minimum Gasteiger partial charge on any atom is -0.306 e. The summed E-state index contributed by atoms with van der Waals surface area (Å²) in [4.78, 5) is 0. The molecule has 0 fully saturated rings. The van der Waals surface area contributed by atoms with E-state index < -0.39 is 0 Å². The number of benzene rings is 1. The van der Waals surface area contributed by atoms with Gasteiger partial charge in [0.25, 0.3) is 0 Å². The molecule has 2 rings (SSSR count). The third-order valence-corrected chi connectivity index (χ3v) is 3.05. The minimum atomic E-state index is -0.328. The van der Waals surface area contributed by atoms with Crippen molar-refractivity contribution in [3.05, 3.63) is 40.4 Å². The molecule has 1 N–H and O–H groups in total. The van der Waals surface area contributed by atoms with Gasteiger partial charge in [0.15, 0.2) is 0 Å². The second kappa shape index (κ2) is 5.38. The van der Waals surface area contributed by atoms with Crippen molar-refractivity contribution in [1.29, 1.82) is 0 Å². The molecule has 0 bridgehead atoms. The number of hydrogen-bond donors (Lipinski definition) is 1. The fourth-order valence-corrected chi connectivity index (χ4v) is 1.93. The summed E-state index contributed by atoms with van der Waals surface area (Å²) >= 11 is 3.33. The second-order valence-electron chi connectivity index (χ2n) is 5.34. The van der Waals surface area contributed by atoms with Gasteiger partial charge < -0.3 is 5.32 Å². The molecule has 0 aliphatic heterocycles. The van der Waals surface area contributed by atoms with Crippen molar-refractivity contribution in [2.24, 2.45) is 0 Å². The lowest BCUT2D eigenvalue weighted by Crippen LogP contribution is -2.35. The van der Waals surface area contributed by atoms with Crippen molar-refractivity contribution < 1.29 is 4.39 Å². The van der Waals surface area contributed by atoms with Crippen molar-refractivity contribution in [2.75, 3.05) is 0 Å². The Bertz CT molecular complexity index is 574. The van der Waals surface area contributed by atoms with E-state index in [0.717, 1.165) is 10.2 Å². The first-order valence-corrected chi connectivity index (χ1v) is 6.76. The fraction of sp³-hybridized carbons (Fsp3) is 0.385. The highest BCUT2D eigenvalue weighted by Crippen LogP contribution is 2.20. The third kappa shape index (κ3) is 3.61. The molecular formula is C13H16BrFN4. The van der Waals surface area contributed by atoms with E-state index >= 15 is 0 Å². The smallest absolute Gasteiger partial charge is 0.149 e. The van der Waals surface area contributed by atoms with Gasteiger partial charge in [0.05, 0.1) is 11.9 Å². The molecule has 1 heterocycles. The number of aromatic nitrogens is 3. The molecule has 1 aromatic heterocycles. The summed E-state index contributed by atoms with van der Waals surface area (Å²) in [7, 11) is 0. The Labute approximate surface area is 120 Å². The van der Waals surface area contributed by atoms with Crippen LogP contribution in [0, 0.1) is 5.82 Å². The molecule has 0 saturated carbocycles. The number of rotatable bonds is 3. The molecule has 0 aliphatic carbocycles. The van der Waals surface area contributed by atoms with Gasteiger partial charge in [-0.2, -0.15) is 0 Å². The summed E-state index contributed by atoms with van der Waals surface area (Å²) in [5.41, 5.74) is 1.18. The highest BCUT2D eigenvalue weighted by atomic mass is 79.9. The molecule has 1 aromatic carbocycles. The van der Waals surface area contributed by atoms with Gasteiger partial charge in [-0.1, -0.05) is 21.1 Å². The Hall–Kier alpha value is -1.27. The van der Waals surface area contributed by atoms with E-state index in [1.807, 2.05) is 0 Å². The average Bonchev–Trinajstić information content (AvgIpc) is 2.77. The van der Waals surface area contributed by atoms with Gasteiger partial charge in [0.2, 0.25) is 0 Å². The molecule has 0 saturated heterocycles. The largest absolute Gasteiger partial charge is 0.306 e. The molecule has 0 amide bonds. The predicted molar refractivity (Wildman–Crippen MR) is 75.6 cm³/mol. The van der Waals surface area contributed by atoms with E-state index in [-0.39, 0.29) is 11.4 Å². The van der Waals surface area contributed by atoms with E-state index in [9.17, 15) is 4.39 Å². The monoisotopic (exact) mass is 326 g/mol. The summed E-state index contributed by atoms with van der Waals surface area (Å²) < 4.78 is 16.2. The Balaban J connectivity index is 2.31. The summed E-state index contributed by atoms with van der Waals surface area (Å²) in [6.07, 6.45) is 1.64. The predicted octanol–water partition coefficient (Wildman–Crippen LogP) is 3.06. The fourth-order valence-electron chi connectivity index (χ4n) is 1.58. The molecule has 6 heteroatoms. The van der Waals surface area contributed by atoms with Crippen molar-refractivity contribution in [2.45, 2.75) is 32.9 Å². The molecule has 19 heavy (non-hydrogen) atoms. The maximum Gasteiger partial charge on any atom is 0.149 e. The quantitative estimate of drug-likeness (QED) is 0.942. The van der Waals surface area contributed by atoms with Gasteiger partial charge in [-0.15, -0.1) is 5.10 Å². The zero-order valence-electron chi connectivity index (χ0n) is 11.1. The van der Waals surface area contributed by atoms with Gasteiger partial charge in [0, 0.05) is 16.6 Å². The average molecular weight is 327 g/mol. The Morgan fingerprint density at radius 3 is 2.79 bits per heavy atom. The van der Waals surface area contributed by atoms with Crippen LogP contribution in [0.25, 0.3) is 5.69 Å². The lowest BCUT2D eigenvalue weighted by Gasteiger charge is -2.20. The van der Waals surface area contributed by atoms with Crippen LogP contribution < -0.4 is 5.32 Å². The van der Waals surface area contributed by atoms with Gasteiger partial charge in [-0.25, -0.2) is 9.07 Å². The van der Waals surface area contributed by atoms with Gasteiger partial charge in [0.1, 0.15) is 11.5 Å². The molecule has 4 nitrogen and oxygen atoms in total. The zero-order chi connectivity index (χ0) is 14.0. The van der Waals surface area contributed by atoms with E-state index in [4.69, 9.17) is 0 Å². The van der Waals surface area contributed by atoms with E-state index in [1.54, 1.807) is 18.3 Å². The van der Waals surface area contributed by atoms with Gasteiger partial charge in [-0.3, -0.25) is 0 Å². The highest BCUT2D eigenvalue weighted by molar-refractivity contribution is 9.10. The van der Waals surface area contributed by atoms with Crippen LogP contribution in [0.2, 0.25) is 0 Å². The maximum atomic E-state index is 13.9. The van der Waals surface area contributed by atoms with Crippen LogP contribution in [0.4, 0.5) is 4.39 Å². The first-order valence-electron chi connectivity index (χ1n) is 5.97. The molecule has 0 spiro atoms. The SMILES string of the molecule is CC(C)(C)NCc1cnnn1-c1cc(Br)ccc1F. The third-order valence-electron chi connectivity index (χ3n) is 2.56. The van der Waals surface area contributed by atoms with Crippen LogP contribution in [-0.4, -0.2) is 20.5 Å².